The van der Waals surface area contributed by atoms with Crippen LogP contribution in [-0.2, 0) is 0 Å². The van der Waals surface area contributed by atoms with E-state index >= 15 is 0 Å². The number of aromatic nitrogens is 1. The molecule has 1 aliphatic heterocycles. The first-order valence-electron chi connectivity index (χ1n) is 5.87. The molecule has 1 atom stereocenters. The highest BCUT2D eigenvalue weighted by Crippen LogP contribution is 2.23. The largest absolute Gasteiger partial charge is 0.410 e. The molecule has 92 valence electrons. The Bertz CT molecular complexity index is 391. The number of hydrogen-bond donors (Lipinski definition) is 1. The van der Waals surface area contributed by atoms with E-state index in [9.17, 15) is 4.79 Å². The van der Waals surface area contributed by atoms with Crippen molar-refractivity contribution in [2.45, 2.75) is 32.2 Å². The zero-order valence-electron chi connectivity index (χ0n) is 9.93. The third-order valence-corrected chi connectivity index (χ3v) is 3.04. The SMILES string of the molecule is C[C@H]1CCCCN1c1ccc(OC(N)=O)cn1. The van der Waals surface area contributed by atoms with Gasteiger partial charge in [0.2, 0.25) is 0 Å². The van der Waals surface area contributed by atoms with Gasteiger partial charge in [-0.25, -0.2) is 9.78 Å². The summed E-state index contributed by atoms with van der Waals surface area (Å²) < 4.78 is 4.74. The minimum atomic E-state index is -0.814. The number of rotatable bonds is 2. The number of carbonyl (C=O) groups is 1. The molecule has 0 bridgehead atoms. The highest BCUT2D eigenvalue weighted by molar-refractivity contribution is 5.68. The molecule has 0 spiro atoms. The van der Waals surface area contributed by atoms with E-state index in [-0.39, 0.29) is 0 Å². The molecule has 0 aromatic carbocycles. The van der Waals surface area contributed by atoms with Crippen molar-refractivity contribution in [1.82, 2.24) is 4.98 Å². The highest BCUT2D eigenvalue weighted by Gasteiger charge is 2.19. The van der Waals surface area contributed by atoms with Gasteiger partial charge in [0.25, 0.3) is 0 Å². The Morgan fingerprint density at radius 3 is 2.94 bits per heavy atom. The molecular weight excluding hydrogens is 218 g/mol. The van der Waals surface area contributed by atoms with Gasteiger partial charge >= 0.3 is 6.09 Å². The first kappa shape index (κ1) is 11.7. The molecule has 1 aromatic heterocycles. The number of pyridine rings is 1. The molecule has 0 radical (unpaired) electrons. The molecule has 1 aromatic rings. The van der Waals surface area contributed by atoms with Crippen LogP contribution in [0.25, 0.3) is 0 Å². The number of anilines is 1. The van der Waals surface area contributed by atoms with Gasteiger partial charge in [0, 0.05) is 12.6 Å². The average molecular weight is 235 g/mol. The Labute approximate surface area is 101 Å². The molecule has 2 rings (SSSR count). The van der Waals surface area contributed by atoms with Gasteiger partial charge in [-0.3, -0.25) is 0 Å². The van der Waals surface area contributed by atoms with Crippen molar-refractivity contribution in [3.05, 3.63) is 18.3 Å². The Balaban J connectivity index is 2.08. The van der Waals surface area contributed by atoms with E-state index in [2.05, 4.69) is 16.8 Å². The third-order valence-electron chi connectivity index (χ3n) is 3.04. The van der Waals surface area contributed by atoms with E-state index in [0.29, 0.717) is 11.8 Å². The van der Waals surface area contributed by atoms with E-state index in [0.717, 1.165) is 12.4 Å². The number of nitrogens with zero attached hydrogens (tertiary/aromatic N) is 2. The van der Waals surface area contributed by atoms with Crippen molar-refractivity contribution in [3.8, 4) is 5.75 Å². The Morgan fingerprint density at radius 1 is 1.53 bits per heavy atom. The standard InChI is InChI=1S/C12H17N3O2/c1-9-4-2-3-7-15(9)11-6-5-10(8-14-11)17-12(13)16/h5-6,8-9H,2-4,7H2,1H3,(H2,13,16)/t9-/m0/s1. The maximum Gasteiger partial charge on any atom is 0.410 e. The molecule has 1 aliphatic rings. The van der Waals surface area contributed by atoms with Crippen LogP contribution in [0.1, 0.15) is 26.2 Å². The maximum absolute atomic E-state index is 10.6. The van der Waals surface area contributed by atoms with Gasteiger partial charge < -0.3 is 15.4 Å². The summed E-state index contributed by atoms with van der Waals surface area (Å²) in [6.45, 7) is 3.23. The summed E-state index contributed by atoms with van der Waals surface area (Å²) in [5, 5.41) is 0. The van der Waals surface area contributed by atoms with Gasteiger partial charge in [-0.2, -0.15) is 0 Å². The van der Waals surface area contributed by atoms with E-state index in [1.165, 1.54) is 25.5 Å². The molecule has 0 saturated carbocycles. The second-order valence-electron chi connectivity index (χ2n) is 4.31. The van der Waals surface area contributed by atoms with Gasteiger partial charge in [-0.1, -0.05) is 0 Å². The lowest BCUT2D eigenvalue weighted by atomic mass is 10.0. The summed E-state index contributed by atoms with van der Waals surface area (Å²) in [5.41, 5.74) is 4.93. The van der Waals surface area contributed by atoms with Crippen molar-refractivity contribution in [2.75, 3.05) is 11.4 Å². The molecule has 17 heavy (non-hydrogen) atoms. The number of primary amides is 1. The normalized spacial score (nSPS) is 20.1. The summed E-state index contributed by atoms with van der Waals surface area (Å²) in [6, 6.07) is 4.09. The van der Waals surface area contributed by atoms with Crippen LogP contribution >= 0.6 is 0 Å². The molecule has 1 amide bonds. The van der Waals surface area contributed by atoms with Crippen LogP contribution in [0.4, 0.5) is 10.6 Å². The average Bonchev–Trinajstić information content (AvgIpc) is 2.30. The van der Waals surface area contributed by atoms with Crippen LogP contribution in [-0.4, -0.2) is 23.7 Å². The second-order valence-corrected chi connectivity index (χ2v) is 4.31. The number of piperidine rings is 1. The van der Waals surface area contributed by atoms with Gasteiger partial charge in [-0.15, -0.1) is 0 Å². The minimum Gasteiger partial charge on any atom is -0.409 e. The molecule has 2 heterocycles. The fourth-order valence-electron chi connectivity index (χ4n) is 2.16. The van der Waals surface area contributed by atoms with Crippen LogP contribution in [0.2, 0.25) is 0 Å². The van der Waals surface area contributed by atoms with Crippen molar-refractivity contribution in [1.29, 1.82) is 0 Å². The van der Waals surface area contributed by atoms with E-state index < -0.39 is 6.09 Å². The van der Waals surface area contributed by atoms with Gasteiger partial charge in [0.05, 0.1) is 6.20 Å². The summed E-state index contributed by atoms with van der Waals surface area (Å²) in [4.78, 5) is 17.1. The lowest BCUT2D eigenvalue weighted by Gasteiger charge is -2.34. The summed E-state index contributed by atoms with van der Waals surface area (Å²) in [7, 11) is 0. The van der Waals surface area contributed by atoms with Crippen LogP contribution < -0.4 is 15.4 Å². The molecular formula is C12H17N3O2. The molecule has 1 saturated heterocycles. The zero-order chi connectivity index (χ0) is 12.3. The van der Waals surface area contributed by atoms with Crippen LogP contribution in [0.3, 0.4) is 0 Å². The Hall–Kier alpha value is -1.78. The van der Waals surface area contributed by atoms with Crippen LogP contribution in [0.5, 0.6) is 5.75 Å². The number of nitrogens with two attached hydrogens (primary N) is 1. The van der Waals surface area contributed by atoms with Crippen LogP contribution in [0.15, 0.2) is 18.3 Å². The lowest BCUT2D eigenvalue weighted by Crippen LogP contribution is -2.37. The third kappa shape index (κ3) is 2.87. The van der Waals surface area contributed by atoms with Crippen molar-refractivity contribution < 1.29 is 9.53 Å². The fraction of sp³-hybridized carbons (Fsp3) is 0.500. The second kappa shape index (κ2) is 5.03. The van der Waals surface area contributed by atoms with Crippen molar-refractivity contribution in [3.63, 3.8) is 0 Å². The highest BCUT2D eigenvalue weighted by atomic mass is 16.5. The summed E-state index contributed by atoms with van der Waals surface area (Å²) >= 11 is 0. The predicted octanol–water partition coefficient (Wildman–Crippen LogP) is 1.92. The van der Waals surface area contributed by atoms with Crippen molar-refractivity contribution in [2.24, 2.45) is 5.73 Å². The maximum atomic E-state index is 10.6. The smallest absolute Gasteiger partial charge is 0.409 e. The van der Waals surface area contributed by atoms with Crippen LogP contribution in [0, 0.1) is 0 Å². The minimum absolute atomic E-state index is 0.380. The number of amides is 1. The first-order valence-corrected chi connectivity index (χ1v) is 5.87. The van der Waals surface area contributed by atoms with Gasteiger partial charge in [0.15, 0.2) is 5.75 Å². The molecule has 0 aliphatic carbocycles. The van der Waals surface area contributed by atoms with E-state index in [1.807, 2.05) is 6.07 Å². The summed E-state index contributed by atoms with van der Waals surface area (Å²) in [6.07, 6.45) is 4.39. The Morgan fingerprint density at radius 2 is 2.35 bits per heavy atom. The molecule has 5 nitrogen and oxygen atoms in total. The predicted molar refractivity (Wildman–Crippen MR) is 65.1 cm³/mol. The van der Waals surface area contributed by atoms with Gasteiger partial charge in [-0.05, 0) is 38.3 Å². The topological polar surface area (TPSA) is 68.5 Å². The molecule has 2 N–H and O–H groups in total. The fourth-order valence-corrected chi connectivity index (χ4v) is 2.16. The van der Waals surface area contributed by atoms with E-state index in [4.69, 9.17) is 10.5 Å². The number of ether oxygens (including phenoxy) is 1. The molecule has 5 heteroatoms. The first-order chi connectivity index (χ1) is 8.16. The molecule has 0 unspecified atom stereocenters. The quantitative estimate of drug-likeness (QED) is 0.850. The van der Waals surface area contributed by atoms with E-state index in [1.54, 1.807) is 6.07 Å². The number of carbonyl (C=O) groups excluding carboxylic acids is 1. The van der Waals surface area contributed by atoms with Gasteiger partial charge in [0.1, 0.15) is 5.82 Å². The lowest BCUT2D eigenvalue weighted by molar-refractivity contribution is 0.210. The summed E-state index contributed by atoms with van der Waals surface area (Å²) in [5.74, 6) is 1.31. The Kier molecular flexibility index (Phi) is 3.46. The zero-order valence-corrected chi connectivity index (χ0v) is 9.93. The molecule has 1 fully saturated rings. The van der Waals surface area contributed by atoms with Crippen molar-refractivity contribution >= 4 is 11.9 Å². The number of hydrogen-bond acceptors (Lipinski definition) is 4. The monoisotopic (exact) mass is 235 g/mol.